The number of amides is 2. The molecule has 3 rings (SSSR count). The molecule has 0 aliphatic heterocycles. The third-order valence-electron chi connectivity index (χ3n) is 4.59. The number of fused-ring (bicyclic) bond motifs is 1. The lowest BCUT2D eigenvalue weighted by Gasteiger charge is -2.07. The molecule has 2 aromatic rings. The summed E-state index contributed by atoms with van der Waals surface area (Å²) >= 11 is 1.75. The molecular weight excluding hydrogens is 384 g/mol. The molecule has 8 heteroatoms. The number of rotatable bonds is 8. The highest BCUT2D eigenvalue weighted by atomic mass is 32.1. The summed E-state index contributed by atoms with van der Waals surface area (Å²) in [6, 6.07) is 2.80. The zero-order valence-electron chi connectivity index (χ0n) is 15.5. The second kappa shape index (κ2) is 9.73. The van der Waals surface area contributed by atoms with E-state index in [0.29, 0.717) is 19.0 Å². The maximum atomic E-state index is 13.5. The summed E-state index contributed by atoms with van der Waals surface area (Å²) in [5.41, 5.74) is 1.02. The fourth-order valence-electron chi connectivity index (χ4n) is 3.13. The monoisotopic (exact) mass is 407 g/mol. The average Bonchev–Trinajstić information content (AvgIpc) is 3.08. The number of hydrogen-bond acceptors (Lipinski definition) is 4. The van der Waals surface area contributed by atoms with E-state index in [-0.39, 0.29) is 24.4 Å². The first-order valence-corrected chi connectivity index (χ1v) is 10.3. The van der Waals surface area contributed by atoms with E-state index in [1.807, 2.05) is 0 Å². The molecule has 1 aliphatic carbocycles. The molecule has 0 saturated carbocycles. The van der Waals surface area contributed by atoms with E-state index in [9.17, 15) is 18.4 Å². The van der Waals surface area contributed by atoms with Gasteiger partial charge in [0.05, 0.1) is 16.3 Å². The number of nitrogens with zero attached hydrogens (tertiary/aromatic N) is 1. The van der Waals surface area contributed by atoms with Gasteiger partial charge in [0.15, 0.2) is 0 Å². The SMILES string of the molecule is O=C(CCCNC(=O)c1ccc(F)cc1F)NCCc1nc2c(s1)CCCC2. The van der Waals surface area contributed by atoms with Gasteiger partial charge in [0, 0.05) is 36.9 Å². The van der Waals surface area contributed by atoms with Crippen molar-refractivity contribution in [1.82, 2.24) is 15.6 Å². The van der Waals surface area contributed by atoms with Crippen molar-refractivity contribution < 1.29 is 18.4 Å². The molecule has 1 aromatic heterocycles. The Labute approximate surface area is 166 Å². The molecule has 0 unspecified atom stereocenters. The van der Waals surface area contributed by atoms with Crippen molar-refractivity contribution in [3.05, 3.63) is 51.0 Å². The molecule has 1 heterocycles. The van der Waals surface area contributed by atoms with Crippen molar-refractivity contribution in [2.45, 2.75) is 44.9 Å². The standard InChI is InChI=1S/C20H23F2N3O2S/c21-13-7-8-14(15(22)12-13)20(27)24-10-3-6-18(26)23-11-9-19-25-16-4-1-2-5-17(16)28-19/h7-8,12H,1-6,9-11H2,(H,23,26)(H,24,27). The molecule has 5 nitrogen and oxygen atoms in total. The first-order valence-electron chi connectivity index (χ1n) is 9.50. The molecule has 0 fully saturated rings. The maximum Gasteiger partial charge on any atom is 0.254 e. The summed E-state index contributed by atoms with van der Waals surface area (Å²) < 4.78 is 26.4. The van der Waals surface area contributed by atoms with E-state index < -0.39 is 17.5 Å². The maximum absolute atomic E-state index is 13.5. The molecule has 0 radical (unpaired) electrons. The van der Waals surface area contributed by atoms with Crippen molar-refractivity contribution in [2.75, 3.05) is 13.1 Å². The van der Waals surface area contributed by atoms with E-state index in [1.165, 1.54) is 23.4 Å². The molecule has 2 amide bonds. The summed E-state index contributed by atoms with van der Waals surface area (Å²) in [6.07, 6.45) is 6.04. The Morgan fingerprint density at radius 2 is 1.93 bits per heavy atom. The highest BCUT2D eigenvalue weighted by Crippen LogP contribution is 2.26. The quantitative estimate of drug-likeness (QED) is 0.661. The van der Waals surface area contributed by atoms with Crippen LogP contribution in [-0.4, -0.2) is 29.9 Å². The van der Waals surface area contributed by atoms with Gasteiger partial charge in [-0.15, -0.1) is 11.3 Å². The molecule has 1 aromatic carbocycles. The van der Waals surface area contributed by atoms with Crippen LogP contribution in [0.15, 0.2) is 18.2 Å². The minimum Gasteiger partial charge on any atom is -0.356 e. The Balaban J connectivity index is 1.31. The van der Waals surface area contributed by atoms with Gasteiger partial charge >= 0.3 is 0 Å². The number of aromatic nitrogens is 1. The van der Waals surface area contributed by atoms with Crippen LogP contribution in [0.3, 0.4) is 0 Å². The van der Waals surface area contributed by atoms with Gasteiger partial charge in [-0.05, 0) is 44.2 Å². The van der Waals surface area contributed by atoms with Crippen LogP contribution in [-0.2, 0) is 24.1 Å². The molecular formula is C20H23F2N3O2S. The van der Waals surface area contributed by atoms with Crippen molar-refractivity contribution >= 4 is 23.2 Å². The molecule has 0 spiro atoms. The van der Waals surface area contributed by atoms with Crippen LogP contribution in [0.2, 0.25) is 0 Å². The fraction of sp³-hybridized carbons (Fsp3) is 0.450. The Morgan fingerprint density at radius 3 is 2.71 bits per heavy atom. The molecule has 1 aliphatic rings. The van der Waals surface area contributed by atoms with Gasteiger partial charge in [0.1, 0.15) is 11.6 Å². The first-order chi connectivity index (χ1) is 13.5. The van der Waals surface area contributed by atoms with Crippen LogP contribution in [0.4, 0.5) is 8.78 Å². The van der Waals surface area contributed by atoms with Crippen molar-refractivity contribution in [3.63, 3.8) is 0 Å². The van der Waals surface area contributed by atoms with E-state index in [0.717, 1.165) is 36.4 Å². The van der Waals surface area contributed by atoms with Gasteiger partial charge < -0.3 is 10.6 Å². The number of carbonyl (C=O) groups is 2. The van der Waals surface area contributed by atoms with Gasteiger partial charge in [-0.1, -0.05) is 0 Å². The molecule has 2 N–H and O–H groups in total. The highest BCUT2D eigenvalue weighted by Gasteiger charge is 2.15. The lowest BCUT2D eigenvalue weighted by Crippen LogP contribution is -2.29. The van der Waals surface area contributed by atoms with Gasteiger partial charge in [0.2, 0.25) is 5.91 Å². The third kappa shape index (κ3) is 5.58. The lowest BCUT2D eigenvalue weighted by molar-refractivity contribution is -0.121. The molecule has 0 bridgehead atoms. The van der Waals surface area contributed by atoms with Gasteiger partial charge in [-0.3, -0.25) is 9.59 Å². The minimum atomic E-state index is -0.904. The Bertz CT molecular complexity index is 830. The highest BCUT2D eigenvalue weighted by molar-refractivity contribution is 7.11. The van der Waals surface area contributed by atoms with Crippen molar-refractivity contribution in [1.29, 1.82) is 0 Å². The van der Waals surface area contributed by atoms with Crippen LogP contribution in [0, 0.1) is 11.6 Å². The summed E-state index contributed by atoms with van der Waals surface area (Å²) in [5.74, 6) is -2.35. The fourth-order valence-corrected chi connectivity index (χ4v) is 4.29. The summed E-state index contributed by atoms with van der Waals surface area (Å²) in [5, 5.41) is 6.46. The largest absolute Gasteiger partial charge is 0.356 e. The van der Waals surface area contributed by atoms with Gasteiger partial charge in [-0.2, -0.15) is 0 Å². The second-order valence-electron chi connectivity index (χ2n) is 6.77. The molecule has 0 saturated heterocycles. The number of hydrogen-bond donors (Lipinski definition) is 2. The second-order valence-corrected chi connectivity index (χ2v) is 7.94. The number of carbonyl (C=O) groups excluding carboxylic acids is 2. The average molecular weight is 407 g/mol. The number of thiazole rings is 1. The van der Waals surface area contributed by atoms with Gasteiger partial charge in [0.25, 0.3) is 5.91 Å². The van der Waals surface area contributed by atoms with E-state index >= 15 is 0 Å². The van der Waals surface area contributed by atoms with E-state index in [4.69, 9.17) is 0 Å². The van der Waals surface area contributed by atoms with Crippen molar-refractivity contribution in [2.24, 2.45) is 0 Å². The predicted octanol–water partition coefficient (Wildman–Crippen LogP) is 3.17. The topological polar surface area (TPSA) is 71.1 Å². The normalized spacial score (nSPS) is 13.1. The number of aryl methyl sites for hydroxylation is 2. The van der Waals surface area contributed by atoms with Gasteiger partial charge in [-0.25, -0.2) is 13.8 Å². The summed E-state index contributed by atoms with van der Waals surface area (Å²) in [7, 11) is 0. The lowest BCUT2D eigenvalue weighted by atomic mass is 10.0. The number of halogens is 2. The minimum absolute atomic E-state index is 0.0940. The van der Waals surface area contributed by atoms with Crippen LogP contribution < -0.4 is 10.6 Å². The zero-order valence-corrected chi connectivity index (χ0v) is 16.3. The third-order valence-corrected chi connectivity index (χ3v) is 5.81. The Morgan fingerprint density at radius 1 is 1.11 bits per heavy atom. The van der Waals surface area contributed by atoms with Crippen LogP contribution in [0.1, 0.15) is 51.6 Å². The Kier molecular flexibility index (Phi) is 7.08. The van der Waals surface area contributed by atoms with Crippen LogP contribution in [0.25, 0.3) is 0 Å². The predicted molar refractivity (Wildman–Crippen MR) is 103 cm³/mol. The summed E-state index contributed by atoms with van der Waals surface area (Å²) in [6.45, 7) is 0.778. The van der Waals surface area contributed by atoms with Crippen LogP contribution >= 0.6 is 11.3 Å². The summed E-state index contributed by atoms with van der Waals surface area (Å²) in [4.78, 5) is 29.8. The van der Waals surface area contributed by atoms with E-state index in [2.05, 4.69) is 15.6 Å². The number of nitrogens with one attached hydrogen (secondary N) is 2. The van der Waals surface area contributed by atoms with Crippen LogP contribution in [0.5, 0.6) is 0 Å². The molecule has 0 atom stereocenters. The van der Waals surface area contributed by atoms with E-state index in [1.54, 1.807) is 11.3 Å². The van der Waals surface area contributed by atoms with Crippen molar-refractivity contribution in [3.8, 4) is 0 Å². The zero-order chi connectivity index (χ0) is 19.9. The molecule has 150 valence electrons. The smallest absolute Gasteiger partial charge is 0.254 e. The first kappa shape index (κ1) is 20.4. The number of benzene rings is 1. The Hall–Kier alpha value is -2.35. The molecule has 28 heavy (non-hydrogen) atoms.